The van der Waals surface area contributed by atoms with E-state index < -0.39 is 11.7 Å². The third kappa shape index (κ3) is 2.92. The number of anilines is 1. The van der Waals surface area contributed by atoms with Crippen LogP contribution < -0.4 is 11.1 Å². The van der Waals surface area contributed by atoms with Crippen LogP contribution in [0.25, 0.3) is 0 Å². The minimum absolute atomic E-state index is 0.0811. The molecule has 0 bridgehead atoms. The number of benzene rings is 1. The molecule has 1 aromatic carbocycles. The van der Waals surface area contributed by atoms with Crippen LogP contribution in [0.3, 0.4) is 0 Å². The molecule has 1 amide bonds. The molecule has 5 heteroatoms. The zero-order valence-corrected chi connectivity index (χ0v) is 8.33. The highest BCUT2D eigenvalue weighted by Crippen LogP contribution is 2.13. The molecule has 0 unspecified atom stereocenters. The van der Waals surface area contributed by atoms with Gasteiger partial charge in [0.05, 0.1) is 12.2 Å². The number of hydrogen-bond donors (Lipinski definition) is 3. The summed E-state index contributed by atoms with van der Waals surface area (Å²) in [4.78, 5) is 11.5. The van der Waals surface area contributed by atoms with E-state index in [9.17, 15) is 9.18 Å². The van der Waals surface area contributed by atoms with Crippen LogP contribution in [0, 0.1) is 5.82 Å². The van der Waals surface area contributed by atoms with Crippen LogP contribution >= 0.6 is 0 Å². The van der Waals surface area contributed by atoms with Crippen molar-refractivity contribution in [3.63, 3.8) is 0 Å². The fraction of sp³-hybridized carbons (Fsp3) is 0.300. The number of aliphatic hydroxyl groups excluding tert-OH is 1. The SMILES string of the molecule is C[C@H](CO)NC(=O)c1ccc(F)cc1N. The average molecular weight is 212 g/mol. The van der Waals surface area contributed by atoms with E-state index in [0.717, 1.165) is 12.1 Å². The van der Waals surface area contributed by atoms with Crippen molar-refractivity contribution >= 4 is 11.6 Å². The van der Waals surface area contributed by atoms with Crippen LogP contribution in [0.4, 0.5) is 10.1 Å². The summed E-state index contributed by atoms with van der Waals surface area (Å²) in [6, 6.07) is 3.19. The first-order valence-electron chi connectivity index (χ1n) is 4.51. The maximum absolute atomic E-state index is 12.7. The van der Waals surface area contributed by atoms with Gasteiger partial charge in [-0.25, -0.2) is 4.39 Å². The summed E-state index contributed by atoms with van der Waals surface area (Å²) in [5.74, 6) is -0.909. The van der Waals surface area contributed by atoms with Gasteiger partial charge >= 0.3 is 0 Å². The average Bonchev–Trinajstić information content (AvgIpc) is 2.17. The Hall–Kier alpha value is -1.62. The molecule has 0 aromatic heterocycles. The van der Waals surface area contributed by atoms with Crippen molar-refractivity contribution in [3.05, 3.63) is 29.6 Å². The molecule has 0 radical (unpaired) electrons. The third-order valence-corrected chi connectivity index (χ3v) is 1.91. The Morgan fingerprint density at radius 3 is 2.87 bits per heavy atom. The lowest BCUT2D eigenvalue weighted by Gasteiger charge is -2.11. The number of amides is 1. The Morgan fingerprint density at radius 1 is 1.67 bits per heavy atom. The topological polar surface area (TPSA) is 75.3 Å². The molecular weight excluding hydrogens is 199 g/mol. The minimum Gasteiger partial charge on any atom is -0.398 e. The lowest BCUT2D eigenvalue weighted by Crippen LogP contribution is -2.35. The van der Waals surface area contributed by atoms with E-state index in [1.807, 2.05) is 0 Å². The molecule has 0 fully saturated rings. The standard InChI is InChI=1S/C10H13FN2O2/c1-6(5-14)13-10(15)8-3-2-7(11)4-9(8)12/h2-4,6,14H,5,12H2,1H3,(H,13,15)/t6-/m1/s1. The predicted octanol–water partition coefficient (Wildman–Crippen LogP) is 0.519. The van der Waals surface area contributed by atoms with Crippen molar-refractivity contribution < 1.29 is 14.3 Å². The fourth-order valence-electron chi connectivity index (χ4n) is 1.09. The summed E-state index contributed by atoms with van der Waals surface area (Å²) in [6.07, 6.45) is 0. The van der Waals surface area contributed by atoms with E-state index in [2.05, 4.69) is 5.32 Å². The van der Waals surface area contributed by atoms with E-state index in [1.165, 1.54) is 6.07 Å². The molecule has 0 heterocycles. The summed E-state index contributed by atoms with van der Waals surface area (Å²) < 4.78 is 12.7. The van der Waals surface area contributed by atoms with Crippen LogP contribution in [0.2, 0.25) is 0 Å². The summed E-state index contributed by atoms with van der Waals surface area (Å²) in [5.41, 5.74) is 5.76. The second-order valence-corrected chi connectivity index (χ2v) is 3.29. The van der Waals surface area contributed by atoms with E-state index in [4.69, 9.17) is 10.8 Å². The summed E-state index contributed by atoms with van der Waals surface area (Å²) in [7, 11) is 0. The number of carbonyl (C=O) groups excluding carboxylic acids is 1. The van der Waals surface area contributed by atoms with Gasteiger partial charge in [0.2, 0.25) is 0 Å². The largest absolute Gasteiger partial charge is 0.398 e. The van der Waals surface area contributed by atoms with Crippen LogP contribution in [0.15, 0.2) is 18.2 Å². The number of carbonyl (C=O) groups is 1. The Kier molecular flexibility index (Phi) is 3.62. The molecule has 1 atom stereocenters. The zero-order valence-electron chi connectivity index (χ0n) is 8.33. The molecular formula is C10H13FN2O2. The molecule has 0 aliphatic rings. The Balaban J connectivity index is 2.82. The first-order valence-corrected chi connectivity index (χ1v) is 4.51. The van der Waals surface area contributed by atoms with Crippen LogP contribution in [-0.4, -0.2) is 23.7 Å². The molecule has 0 saturated heterocycles. The van der Waals surface area contributed by atoms with Gasteiger partial charge in [-0.05, 0) is 25.1 Å². The van der Waals surface area contributed by atoms with Gasteiger partial charge in [0, 0.05) is 11.7 Å². The van der Waals surface area contributed by atoms with Gasteiger partial charge in [0.25, 0.3) is 5.91 Å². The molecule has 1 aromatic rings. The third-order valence-electron chi connectivity index (χ3n) is 1.91. The number of nitrogens with two attached hydrogens (primary N) is 1. The van der Waals surface area contributed by atoms with Gasteiger partial charge < -0.3 is 16.2 Å². The van der Waals surface area contributed by atoms with Gasteiger partial charge in [-0.1, -0.05) is 0 Å². The first kappa shape index (κ1) is 11.5. The number of aliphatic hydroxyl groups is 1. The minimum atomic E-state index is -0.487. The predicted molar refractivity (Wildman–Crippen MR) is 54.8 cm³/mol. The molecule has 0 aliphatic heterocycles. The van der Waals surface area contributed by atoms with Crippen molar-refractivity contribution in [1.82, 2.24) is 5.32 Å². The first-order chi connectivity index (χ1) is 7.04. The summed E-state index contributed by atoms with van der Waals surface area (Å²) >= 11 is 0. The van der Waals surface area contributed by atoms with E-state index in [1.54, 1.807) is 6.92 Å². The number of halogens is 1. The maximum atomic E-state index is 12.7. The van der Waals surface area contributed by atoms with Gasteiger partial charge in [-0.2, -0.15) is 0 Å². The molecule has 1 rings (SSSR count). The van der Waals surface area contributed by atoms with Gasteiger partial charge in [0.15, 0.2) is 0 Å². The molecule has 15 heavy (non-hydrogen) atoms. The Labute approximate surface area is 86.9 Å². The highest BCUT2D eigenvalue weighted by Gasteiger charge is 2.12. The quantitative estimate of drug-likeness (QED) is 0.639. The molecule has 0 saturated carbocycles. The molecule has 0 spiro atoms. The molecule has 4 N–H and O–H groups in total. The highest BCUT2D eigenvalue weighted by atomic mass is 19.1. The second kappa shape index (κ2) is 4.75. The van der Waals surface area contributed by atoms with Gasteiger partial charge in [-0.3, -0.25) is 4.79 Å². The maximum Gasteiger partial charge on any atom is 0.253 e. The molecule has 0 aliphatic carbocycles. The number of nitrogen functional groups attached to an aromatic ring is 1. The zero-order chi connectivity index (χ0) is 11.4. The lowest BCUT2D eigenvalue weighted by atomic mass is 10.1. The van der Waals surface area contributed by atoms with Crippen molar-refractivity contribution in [3.8, 4) is 0 Å². The highest BCUT2D eigenvalue weighted by molar-refractivity contribution is 5.99. The lowest BCUT2D eigenvalue weighted by molar-refractivity contribution is 0.0923. The van der Waals surface area contributed by atoms with Crippen LogP contribution in [-0.2, 0) is 0 Å². The van der Waals surface area contributed by atoms with E-state index >= 15 is 0 Å². The number of rotatable bonds is 3. The summed E-state index contributed by atoms with van der Waals surface area (Å²) in [5, 5.41) is 11.3. The number of hydrogen-bond acceptors (Lipinski definition) is 3. The van der Waals surface area contributed by atoms with Crippen LogP contribution in [0.5, 0.6) is 0 Å². The second-order valence-electron chi connectivity index (χ2n) is 3.29. The van der Waals surface area contributed by atoms with Crippen molar-refractivity contribution in [2.45, 2.75) is 13.0 Å². The summed E-state index contributed by atoms with van der Waals surface area (Å²) in [6.45, 7) is 1.49. The molecule has 82 valence electrons. The van der Waals surface area contributed by atoms with E-state index in [-0.39, 0.29) is 23.9 Å². The van der Waals surface area contributed by atoms with E-state index in [0.29, 0.717) is 0 Å². The monoisotopic (exact) mass is 212 g/mol. The van der Waals surface area contributed by atoms with Gasteiger partial charge in [-0.15, -0.1) is 0 Å². The van der Waals surface area contributed by atoms with Crippen molar-refractivity contribution in [2.24, 2.45) is 0 Å². The van der Waals surface area contributed by atoms with Crippen molar-refractivity contribution in [2.75, 3.05) is 12.3 Å². The normalized spacial score (nSPS) is 12.2. The van der Waals surface area contributed by atoms with Crippen molar-refractivity contribution in [1.29, 1.82) is 0 Å². The van der Waals surface area contributed by atoms with Gasteiger partial charge in [0.1, 0.15) is 5.82 Å². The fourth-order valence-corrected chi connectivity index (χ4v) is 1.09. The Bertz CT molecular complexity index is 368. The van der Waals surface area contributed by atoms with Crippen LogP contribution in [0.1, 0.15) is 17.3 Å². The number of nitrogens with one attached hydrogen (secondary N) is 1. The Morgan fingerprint density at radius 2 is 2.33 bits per heavy atom. The smallest absolute Gasteiger partial charge is 0.253 e. The molecule has 4 nitrogen and oxygen atoms in total.